The molecule has 128 valence electrons. The highest BCUT2D eigenvalue weighted by Crippen LogP contribution is 2.21. The SMILES string of the molecule is CC1=CN=C(C)C2N=C(CCc3nc(-c4cccnc4)cn3C)NN12. The van der Waals surface area contributed by atoms with E-state index in [1.807, 2.05) is 51.6 Å². The van der Waals surface area contributed by atoms with Crippen molar-refractivity contribution in [1.29, 1.82) is 0 Å². The molecule has 1 unspecified atom stereocenters. The second kappa shape index (κ2) is 6.16. The molecule has 0 radical (unpaired) electrons. The number of amidine groups is 1. The van der Waals surface area contributed by atoms with Crippen molar-refractivity contribution in [2.24, 2.45) is 17.0 Å². The first-order chi connectivity index (χ1) is 12.1. The number of aliphatic imine (C=N–C) groups is 2. The van der Waals surface area contributed by atoms with Gasteiger partial charge in [0.05, 0.1) is 17.1 Å². The predicted octanol–water partition coefficient (Wildman–Crippen LogP) is 2.30. The zero-order valence-electron chi connectivity index (χ0n) is 14.6. The van der Waals surface area contributed by atoms with Crippen molar-refractivity contribution in [2.75, 3.05) is 0 Å². The Morgan fingerprint density at radius 3 is 2.88 bits per heavy atom. The average molecular weight is 335 g/mol. The lowest BCUT2D eigenvalue weighted by Crippen LogP contribution is -2.43. The highest BCUT2D eigenvalue weighted by Gasteiger charge is 2.30. The minimum absolute atomic E-state index is 0.0210. The van der Waals surface area contributed by atoms with Gasteiger partial charge >= 0.3 is 0 Å². The molecule has 2 aromatic rings. The molecule has 0 bridgehead atoms. The summed E-state index contributed by atoms with van der Waals surface area (Å²) in [5.74, 6) is 2.01. The predicted molar refractivity (Wildman–Crippen MR) is 97.8 cm³/mol. The van der Waals surface area contributed by atoms with Crippen LogP contribution < -0.4 is 5.43 Å². The number of aryl methyl sites for hydroxylation is 2. The molecule has 1 atom stereocenters. The molecule has 4 heterocycles. The van der Waals surface area contributed by atoms with Gasteiger partial charge in [0, 0.05) is 50.2 Å². The molecule has 7 heteroatoms. The zero-order chi connectivity index (χ0) is 17.4. The van der Waals surface area contributed by atoms with E-state index in [-0.39, 0.29) is 6.17 Å². The summed E-state index contributed by atoms with van der Waals surface area (Å²) in [5, 5.41) is 2.07. The van der Waals surface area contributed by atoms with Crippen molar-refractivity contribution in [2.45, 2.75) is 32.9 Å². The van der Waals surface area contributed by atoms with Crippen LogP contribution >= 0.6 is 0 Å². The molecule has 1 N–H and O–H groups in total. The molecule has 2 aromatic heterocycles. The number of hydrogen-bond donors (Lipinski definition) is 1. The number of hydrogen-bond acceptors (Lipinski definition) is 6. The average Bonchev–Trinajstić information content (AvgIpc) is 3.22. The Bertz CT molecular complexity index is 876. The van der Waals surface area contributed by atoms with E-state index < -0.39 is 0 Å². The number of fused-ring (bicyclic) bond motifs is 1. The maximum atomic E-state index is 4.76. The number of imidazole rings is 1. The minimum Gasteiger partial charge on any atom is -0.337 e. The number of pyridine rings is 1. The van der Waals surface area contributed by atoms with Crippen molar-refractivity contribution in [3.63, 3.8) is 0 Å². The Morgan fingerprint density at radius 1 is 1.24 bits per heavy atom. The lowest BCUT2D eigenvalue weighted by Gasteiger charge is -2.27. The maximum Gasteiger partial charge on any atom is 0.179 e. The van der Waals surface area contributed by atoms with Gasteiger partial charge in [-0.2, -0.15) is 0 Å². The van der Waals surface area contributed by atoms with Crippen LogP contribution in [0.5, 0.6) is 0 Å². The third-order valence-electron chi connectivity index (χ3n) is 4.50. The zero-order valence-corrected chi connectivity index (χ0v) is 14.6. The molecule has 4 rings (SSSR count). The molecular formula is C18H21N7. The summed E-state index contributed by atoms with van der Waals surface area (Å²) in [4.78, 5) is 18.1. The van der Waals surface area contributed by atoms with E-state index >= 15 is 0 Å². The minimum atomic E-state index is -0.0210. The van der Waals surface area contributed by atoms with Crippen LogP contribution in [0.3, 0.4) is 0 Å². The molecule has 0 saturated heterocycles. The molecule has 0 fully saturated rings. The van der Waals surface area contributed by atoms with Crippen LogP contribution in [0.15, 0.2) is 52.6 Å². The second-order valence-electron chi connectivity index (χ2n) is 6.37. The fourth-order valence-electron chi connectivity index (χ4n) is 3.06. The molecule has 2 aliphatic rings. The molecule has 0 spiro atoms. The number of hydrazine groups is 1. The summed E-state index contributed by atoms with van der Waals surface area (Å²) >= 11 is 0. The van der Waals surface area contributed by atoms with Gasteiger partial charge in [-0.1, -0.05) is 0 Å². The summed E-state index contributed by atoms with van der Waals surface area (Å²) in [6.07, 6.45) is 9.14. The molecule has 0 aromatic carbocycles. The second-order valence-corrected chi connectivity index (χ2v) is 6.37. The van der Waals surface area contributed by atoms with Gasteiger partial charge in [-0.25, -0.2) is 9.98 Å². The van der Waals surface area contributed by atoms with Crippen LogP contribution in [-0.4, -0.2) is 37.3 Å². The van der Waals surface area contributed by atoms with Crippen LogP contribution in [0.25, 0.3) is 11.3 Å². The van der Waals surface area contributed by atoms with Gasteiger partial charge < -0.3 is 4.57 Å². The van der Waals surface area contributed by atoms with Crippen molar-refractivity contribution in [3.8, 4) is 11.3 Å². The number of nitrogens with zero attached hydrogens (tertiary/aromatic N) is 6. The normalized spacial score (nSPS) is 19.1. The largest absolute Gasteiger partial charge is 0.337 e. The van der Waals surface area contributed by atoms with Gasteiger partial charge in [0.15, 0.2) is 6.17 Å². The van der Waals surface area contributed by atoms with E-state index in [9.17, 15) is 0 Å². The van der Waals surface area contributed by atoms with Gasteiger partial charge in [-0.15, -0.1) is 0 Å². The molecule has 0 amide bonds. The van der Waals surface area contributed by atoms with Gasteiger partial charge in [0.2, 0.25) is 0 Å². The Balaban J connectivity index is 1.46. The van der Waals surface area contributed by atoms with Gasteiger partial charge in [0.1, 0.15) is 11.7 Å². The number of rotatable bonds is 4. The highest BCUT2D eigenvalue weighted by atomic mass is 15.6. The molecule has 2 aliphatic heterocycles. The number of aromatic nitrogens is 3. The Kier molecular flexibility index (Phi) is 3.83. The van der Waals surface area contributed by atoms with E-state index in [4.69, 9.17) is 9.98 Å². The Morgan fingerprint density at radius 2 is 2.12 bits per heavy atom. The smallest absolute Gasteiger partial charge is 0.179 e. The lowest BCUT2D eigenvalue weighted by atomic mass is 10.2. The quantitative estimate of drug-likeness (QED) is 0.931. The van der Waals surface area contributed by atoms with Crippen molar-refractivity contribution >= 4 is 11.5 Å². The van der Waals surface area contributed by atoms with Crippen LogP contribution in [0, 0.1) is 0 Å². The molecule has 7 nitrogen and oxygen atoms in total. The summed E-state index contributed by atoms with van der Waals surface area (Å²) in [6, 6.07) is 3.95. The van der Waals surface area contributed by atoms with Gasteiger partial charge in [-0.3, -0.25) is 20.4 Å². The van der Waals surface area contributed by atoms with Crippen molar-refractivity contribution in [1.82, 2.24) is 25.0 Å². The van der Waals surface area contributed by atoms with Crippen molar-refractivity contribution < 1.29 is 0 Å². The number of allylic oxidation sites excluding steroid dienone is 1. The fraction of sp³-hybridized carbons (Fsp3) is 0.333. The monoisotopic (exact) mass is 335 g/mol. The van der Waals surface area contributed by atoms with E-state index in [0.29, 0.717) is 0 Å². The lowest BCUT2D eigenvalue weighted by molar-refractivity contribution is 0.294. The first kappa shape index (κ1) is 15.6. The standard InChI is InChI=1S/C18H21N7/c1-12-9-20-13(2)18-22-16(23-25(12)18)6-7-17-21-15(11-24(17)3)14-5-4-8-19-10-14/h4-5,8-11,18H,6-7H2,1-3H3,(H,22,23). The van der Waals surface area contributed by atoms with E-state index in [2.05, 4.69) is 25.0 Å². The summed E-state index contributed by atoms with van der Waals surface area (Å²) in [7, 11) is 2.03. The van der Waals surface area contributed by atoms with Gasteiger partial charge in [-0.05, 0) is 26.0 Å². The summed E-state index contributed by atoms with van der Waals surface area (Å²) < 4.78 is 2.07. The number of nitrogens with one attached hydrogen (secondary N) is 1. The topological polar surface area (TPSA) is 70.7 Å². The Hall–Kier alpha value is -2.96. The third kappa shape index (κ3) is 2.93. The highest BCUT2D eigenvalue weighted by molar-refractivity contribution is 5.94. The van der Waals surface area contributed by atoms with Crippen LogP contribution in [0.1, 0.15) is 26.1 Å². The third-order valence-corrected chi connectivity index (χ3v) is 4.50. The first-order valence-corrected chi connectivity index (χ1v) is 8.38. The molecule has 25 heavy (non-hydrogen) atoms. The van der Waals surface area contributed by atoms with E-state index in [1.165, 1.54) is 0 Å². The Labute approximate surface area is 146 Å². The molecule has 0 aliphatic carbocycles. The fourth-order valence-corrected chi connectivity index (χ4v) is 3.06. The summed E-state index contributed by atoms with van der Waals surface area (Å²) in [5.41, 5.74) is 7.45. The maximum absolute atomic E-state index is 4.76. The first-order valence-electron chi connectivity index (χ1n) is 8.38. The van der Waals surface area contributed by atoms with Gasteiger partial charge in [0.25, 0.3) is 0 Å². The van der Waals surface area contributed by atoms with Crippen LogP contribution in [-0.2, 0) is 13.5 Å². The van der Waals surface area contributed by atoms with Crippen molar-refractivity contribution in [3.05, 3.63) is 48.4 Å². The summed E-state index contributed by atoms with van der Waals surface area (Å²) in [6.45, 7) is 4.04. The van der Waals surface area contributed by atoms with E-state index in [0.717, 1.165) is 47.2 Å². The van der Waals surface area contributed by atoms with E-state index in [1.54, 1.807) is 6.20 Å². The van der Waals surface area contributed by atoms with Crippen LogP contribution in [0.4, 0.5) is 0 Å². The molecule has 0 saturated carbocycles. The molecular weight excluding hydrogens is 314 g/mol. The van der Waals surface area contributed by atoms with Crippen LogP contribution in [0.2, 0.25) is 0 Å².